The first-order valence-electron chi connectivity index (χ1n) is 7.58. The van der Waals surface area contributed by atoms with Gasteiger partial charge in [0, 0.05) is 13.1 Å². The van der Waals surface area contributed by atoms with Crippen molar-refractivity contribution in [3.63, 3.8) is 0 Å². The Bertz CT molecular complexity index is 231. The lowest BCUT2D eigenvalue weighted by Crippen LogP contribution is -2.44. The Morgan fingerprint density at radius 1 is 1.29 bits per heavy atom. The molecule has 2 heteroatoms. The lowest BCUT2D eigenvalue weighted by atomic mass is 9.76. The van der Waals surface area contributed by atoms with Crippen molar-refractivity contribution >= 4 is 0 Å². The molecule has 2 nitrogen and oxygen atoms in total. The number of nitrogens with zero attached hydrogens (tertiary/aromatic N) is 1. The molecule has 2 heterocycles. The van der Waals surface area contributed by atoms with Crippen molar-refractivity contribution in [2.24, 2.45) is 17.3 Å². The van der Waals surface area contributed by atoms with Crippen LogP contribution in [-0.2, 0) is 0 Å². The molecule has 1 atom stereocenters. The quantitative estimate of drug-likeness (QED) is 0.810. The summed E-state index contributed by atoms with van der Waals surface area (Å²) in [4.78, 5) is 2.75. The summed E-state index contributed by atoms with van der Waals surface area (Å²) >= 11 is 0. The van der Waals surface area contributed by atoms with E-state index in [1.807, 2.05) is 0 Å². The van der Waals surface area contributed by atoms with Crippen LogP contribution < -0.4 is 5.32 Å². The number of hydrogen-bond acceptors (Lipinski definition) is 2. The highest BCUT2D eigenvalue weighted by molar-refractivity contribution is 4.89. The Morgan fingerprint density at radius 2 is 2.00 bits per heavy atom. The van der Waals surface area contributed by atoms with E-state index in [0.717, 1.165) is 11.8 Å². The van der Waals surface area contributed by atoms with Crippen molar-refractivity contribution in [2.45, 2.75) is 46.5 Å². The van der Waals surface area contributed by atoms with Gasteiger partial charge in [0.2, 0.25) is 0 Å². The molecular weight excluding hydrogens is 208 g/mol. The van der Waals surface area contributed by atoms with Gasteiger partial charge in [0.25, 0.3) is 0 Å². The lowest BCUT2D eigenvalue weighted by molar-refractivity contribution is 0.118. The second kappa shape index (κ2) is 5.71. The molecule has 17 heavy (non-hydrogen) atoms. The van der Waals surface area contributed by atoms with E-state index in [9.17, 15) is 0 Å². The van der Waals surface area contributed by atoms with Crippen LogP contribution in [-0.4, -0.2) is 37.6 Å². The van der Waals surface area contributed by atoms with Gasteiger partial charge in [-0.05, 0) is 62.6 Å². The van der Waals surface area contributed by atoms with E-state index in [1.165, 1.54) is 58.4 Å². The van der Waals surface area contributed by atoms with Crippen molar-refractivity contribution in [2.75, 3.05) is 32.7 Å². The average Bonchev–Trinajstić information content (AvgIpc) is 2.79. The van der Waals surface area contributed by atoms with Crippen LogP contribution in [0.25, 0.3) is 0 Å². The number of rotatable bonds is 4. The van der Waals surface area contributed by atoms with Crippen molar-refractivity contribution in [3.05, 3.63) is 0 Å². The molecule has 0 amide bonds. The first kappa shape index (κ1) is 13.4. The first-order chi connectivity index (χ1) is 8.15. The number of piperidine rings is 1. The van der Waals surface area contributed by atoms with Crippen LogP contribution in [0.1, 0.15) is 46.5 Å². The van der Waals surface area contributed by atoms with Crippen LogP contribution in [0.4, 0.5) is 0 Å². The minimum Gasteiger partial charge on any atom is -0.317 e. The first-order valence-corrected chi connectivity index (χ1v) is 7.58. The standard InChI is InChI=1S/C15H30N2/c1-4-15(6-8-16-9-7-15)12-17-10-5-14(11-17)13(2)3/h13-14,16H,4-12H2,1-3H3. The Labute approximate surface area is 107 Å². The molecule has 0 radical (unpaired) electrons. The summed E-state index contributed by atoms with van der Waals surface area (Å²) in [6.07, 6.45) is 5.55. The maximum atomic E-state index is 3.51. The predicted octanol–water partition coefficient (Wildman–Crippen LogP) is 2.74. The Kier molecular flexibility index (Phi) is 4.48. The van der Waals surface area contributed by atoms with Gasteiger partial charge in [0.05, 0.1) is 0 Å². The van der Waals surface area contributed by atoms with E-state index >= 15 is 0 Å². The largest absolute Gasteiger partial charge is 0.317 e. The summed E-state index contributed by atoms with van der Waals surface area (Å²) in [7, 11) is 0. The molecule has 0 aromatic carbocycles. The van der Waals surface area contributed by atoms with Crippen molar-refractivity contribution in [3.8, 4) is 0 Å². The van der Waals surface area contributed by atoms with Gasteiger partial charge in [-0.3, -0.25) is 0 Å². The molecule has 0 saturated carbocycles. The van der Waals surface area contributed by atoms with E-state index in [0.29, 0.717) is 5.41 Å². The summed E-state index contributed by atoms with van der Waals surface area (Å²) in [5.41, 5.74) is 0.622. The highest BCUT2D eigenvalue weighted by Crippen LogP contribution is 2.35. The molecule has 0 spiro atoms. The number of likely N-dealkylation sites (tertiary alicyclic amines) is 1. The van der Waals surface area contributed by atoms with E-state index in [2.05, 4.69) is 31.0 Å². The van der Waals surface area contributed by atoms with Crippen molar-refractivity contribution in [1.82, 2.24) is 10.2 Å². The molecule has 0 aromatic rings. The van der Waals surface area contributed by atoms with E-state index < -0.39 is 0 Å². The Balaban J connectivity index is 1.87. The van der Waals surface area contributed by atoms with Crippen LogP contribution in [0.15, 0.2) is 0 Å². The SMILES string of the molecule is CCC1(CN2CCC(C(C)C)C2)CCNCC1. The van der Waals surface area contributed by atoms with E-state index in [1.54, 1.807) is 0 Å². The summed E-state index contributed by atoms with van der Waals surface area (Å²) in [5.74, 6) is 1.82. The number of hydrogen-bond donors (Lipinski definition) is 1. The second-order valence-corrected chi connectivity index (χ2v) is 6.63. The lowest BCUT2D eigenvalue weighted by Gasteiger charge is -2.40. The summed E-state index contributed by atoms with van der Waals surface area (Å²) in [6, 6.07) is 0. The van der Waals surface area contributed by atoms with Crippen molar-refractivity contribution < 1.29 is 0 Å². The van der Waals surface area contributed by atoms with Crippen LogP contribution in [0.2, 0.25) is 0 Å². The van der Waals surface area contributed by atoms with Crippen LogP contribution >= 0.6 is 0 Å². The summed E-state index contributed by atoms with van der Waals surface area (Å²) in [5, 5.41) is 3.51. The van der Waals surface area contributed by atoms with Gasteiger partial charge in [-0.1, -0.05) is 20.8 Å². The van der Waals surface area contributed by atoms with E-state index in [-0.39, 0.29) is 0 Å². The fraction of sp³-hybridized carbons (Fsp3) is 1.00. The highest BCUT2D eigenvalue weighted by atomic mass is 15.2. The van der Waals surface area contributed by atoms with Crippen LogP contribution in [0.3, 0.4) is 0 Å². The van der Waals surface area contributed by atoms with Gasteiger partial charge in [-0.25, -0.2) is 0 Å². The Morgan fingerprint density at radius 3 is 2.53 bits per heavy atom. The summed E-state index contributed by atoms with van der Waals surface area (Å²) in [6.45, 7) is 13.7. The third-order valence-corrected chi connectivity index (χ3v) is 5.22. The zero-order valence-corrected chi connectivity index (χ0v) is 12.0. The fourth-order valence-electron chi connectivity index (χ4n) is 3.61. The molecule has 0 aliphatic carbocycles. The molecule has 100 valence electrons. The molecule has 2 fully saturated rings. The molecule has 1 N–H and O–H groups in total. The van der Waals surface area contributed by atoms with Crippen LogP contribution in [0.5, 0.6) is 0 Å². The molecule has 0 aromatic heterocycles. The third-order valence-electron chi connectivity index (χ3n) is 5.22. The number of nitrogens with one attached hydrogen (secondary N) is 1. The average molecular weight is 238 g/mol. The zero-order chi connectivity index (χ0) is 12.3. The molecule has 0 bridgehead atoms. The minimum absolute atomic E-state index is 0.622. The summed E-state index contributed by atoms with van der Waals surface area (Å²) < 4.78 is 0. The van der Waals surface area contributed by atoms with Gasteiger partial charge in [0.15, 0.2) is 0 Å². The van der Waals surface area contributed by atoms with Crippen LogP contribution in [0, 0.1) is 17.3 Å². The smallest absolute Gasteiger partial charge is 0.00389 e. The molecule has 1 unspecified atom stereocenters. The van der Waals surface area contributed by atoms with Gasteiger partial charge < -0.3 is 10.2 Å². The second-order valence-electron chi connectivity index (χ2n) is 6.63. The molecule has 2 aliphatic rings. The van der Waals surface area contributed by atoms with Gasteiger partial charge in [-0.15, -0.1) is 0 Å². The van der Waals surface area contributed by atoms with E-state index in [4.69, 9.17) is 0 Å². The molecule has 2 rings (SSSR count). The molecular formula is C15H30N2. The van der Waals surface area contributed by atoms with Gasteiger partial charge >= 0.3 is 0 Å². The van der Waals surface area contributed by atoms with Gasteiger partial charge in [-0.2, -0.15) is 0 Å². The monoisotopic (exact) mass is 238 g/mol. The normalized spacial score (nSPS) is 30.0. The maximum absolute atomic E-state index is 3.51. The van der Waals surface area contributed by atoms with Gasteiger partial charge in [0.1, 0.15) is 0 Å². The zero-order valence-electron chi connectivity index (χ0n) is 12.0. The highest BCUT2D eigenvalue weighted by Gasteiger charge is 2.34. The maximum Gasteiger partial charge on any atom is 0.00389 e. The predicted molar refractivity (Wildman–Crippen MR) is 74.2 cm³/mol. The Hall–Kier alpha value is -0.0800. The molecule has 2 aliphatic heterocycles. The third kappa shape index (κ3) is 3.23. The minimum atomic E-state index is 0.622. The molecule has 2 saturated heterocycles. The fourth-order valence-corrected chi connectivity index (χ4v) is 3.61. The topological polar surface area (TPSA) is 15.3 Å². The van der Waals surface area contributed by atoms with Crippen molar-refractivity contribution in [1.29, 1.82) is 0 Å².